The average Bonchev–Trinajstić information content (AvgIpc) is 2.43. The van der Waals surface area contributed by atoms with E-state index in [1.807, 2.05) is 23.5 Å². The van der Waals surface area contributed by atoms with Crippen LogP contribution >= 0.6 is 23.5 Å². The van der Waals surface area contributed by atoms with Crippen LogP contribution in [-0.4, -0.2) is 23.1 Å². The summed E-state index contributed by atoms with van der Waals surface area (Å²) >= 11 is 3.85. The number of hydrogen-bond acceptors (Lipinski definition) is 3. The minimum atomic E-state index is 1.13. The highest BCUT2D eigenvalue weighted by molar-refractivity contribution is 8.21. The first-order valence-electron chi connectivity index (χ1n) is 3.58. The highest BCUT2D eigenvalue weighted by Crippen LogP contribution is 2.33. The molecule has 0 radical (unpaired) electrons. The summed E-state index contributed by atoms with van der Waals surface area (Å²) in [5.74, 6) is 0. The Labute approximate surface area is 71.2 Å². The molecule has 0 aromatic carbocycles. The van der Waals surface area contributed by atoms with E-state index in [-0.39, 0.29) is 0 Å². The maximum Gasteiger partial charge on any atom is 0.0779 e. The third-order valence-electron chi connectivity index (χ3n) is 1.53. The molecule has 0 spiro atoms. The highest BCUT2D eigenvalue weighted by Gasteiger charge is 2.10. The highest BCUT2D eigenvalue weighted by atomic mass is 32.2. The fourth-order valence-corrected chi connectivity index (χ4v) is 3.17. The van der Waals surface area contributed by atoms with E-state index in [9.17, 15) is 0 Å². The molecule has 0 fully saturated rings. The van der Waals surface area contributed by atoms with E-state index >= 15 is 0 Å². The maximum absolute atomic E-state index is 2.39. The summed E-state index contributed by atoms with van der Waals surface area (Å²) in [7, 11) is 0. The molecule has 0 amide bonds. The Morgan fingerprint density at radius 3 is 2.60 bits per heavy atom. The van der Waals surface area contributed by atoms with Gasteiger partial charge in [0.15, 0.2) is 0 Å². The molecule has 1 nitrogen and oxygen atoms in total. The minimum Gasteiger partial charge on any atom is -0.366 e. The lowest BCUT2D eigenvalue weighted by atomic mass is 10.5. The van der Waals surface area contributed by atoms with Gasteiger partial charge in [-0.15, -0.1) is 11.8 Å². The summed E-state index contributed by atoms with van der Waals surface area (Å²) in [6, 6.07) is 0. The van der Waals surface area contributed by atoms with Crippen LogP contribution in [0.25, 0.3) is 0 Å². The molecule has 0 bridgehead atoms. The molecule has 0 atom stereocenters. The van der Waals surface area contributed by atoms with Crippen molar-refractivity contribution < 1.29 is 0 Å². The largest absolute Gasteiger partial charge is 0.366 e. The third kappa shape index (κ3) is 1.86. The predicted molar refractivity (Wildman–Crippen MR) is 51.1 cm³/mol. The zero-order valence-corrected chi connectivity index (χ0v) is 8.10. The summed E-state index contributed by atoms with van der Waals surface area (Å²) in [4.78, 5) is 2.39. The second-order valence-corrected chi connectivity index (χ2v) is 4.28. The summed E-state index contributed by atoms with van der Waals surface area (Å²) in [5, 5.41) is 4.92. The van der Waals surface area contributed by atoms with Gasteiger partial charge in [-0.25, -0.2) is 0 Å². The van der Waals surface area contributed by atoms with E-state index in [0.717, 1.165) is 13.1 Å². The van der Waals surface area contributed by atoms with Crippen molar-refractivity contribution >= 4 is 23.5 Å². The molecule has 10 heavy (non-hydrogen) atoms. The van der Waals surface area contributed by atoms with Crippen molar-refractivity contribution in [2.24, 2.45) is 0 Å². The number of nitrogens with zero attached hydrogens (tertiary/aromatic N) is 1. The zero-order chi connectivity index (χ0) is 7.40. The van der Waals surface area contributed by atoms with Crippen LogP contribution in [0.1, 0.15) is 13.8 Å². The standard InChI is InChI=1S/C7H13NS2/c1-3-8(4-2)7-5-9-6-10-7/h5H,3-4,6H2,1-2H3. The Balaban J connectivity index is 2.44. The van der Waals surface area contributed by atoms with E-state index < -0.39 is 0 Å². The van der Waals surface area contributed by atoms with Gasteiger partial charge in [0, 0.05) is 23.6 Å². The molecular weight excluding hydrogens is 162 g/mol. The molecule has 58 valence electrons. The molecule has 1 heterocycles. The molecule has 3 heteroatoms. The summed E-state index contributed by atoms with van der Waals surface area (Å²) in [5.41, 5.74) is 0. The fraction of sp³-hybridized carbons (Fsp3) is 0.714. The van der Waals surface area contributed by atoms with Gasteiger partial charge in [0.2, 0.25) is 0 Å². The van der Waals surface area contributed by atoms with Crippen molar-refractivity contribution in [3.63, 3.8) is 0 Å². The van der Waals surface area contributed by atoms with Crippen molar-refractivity contribution in [3.8, 4) is 0 Å². The lowest BCUT2D eigenvalue weighted by Gasteiger charge is -2.20. The molecule has 0 aromatic rings. The molecule has 0 saturated carbocycles. The molecule has 1 aliphatic rings. The minimum absolute atomic E-state index is 1.13. The molecule has 1 aliphatic heterocycles. The van der Waals surface area contributed by atoms with Crippen molar-refractivity contribution in [1.29, 1.82) is 0 Å². The van der Waals surface area contributed by atoms with E-state index in [0.29, 0.717) is 0 Å². The number of thioether (sulfide) groups is 2. The lowest BCUT2D eigenvalue weighted by Crippen LogP contribution is -2.19. The van der Waals surface area contributed by atoms with Crippen molar-refractivity contribution in [2.45, 2.75) is 13.8 Å². The van der Waals surface area contributed by atoms with E-state index in [1.54, 1.807) is 0 Å². The van der Waals surface area contributed by atoms with Gasteiger partial charge in [-0.2, -0.15) is 0 Å². The van der Waals surface area contributed by atoms with Crippen molar-refractivity contribution in [3.05, 3.63) is 10.4 Å². The Bertz CT molecular complexity index is 130. The Morgan fingerprint density at radius 1 is 1.50 bits per heavy atom. The fourth-order valence-electron chi connectivity index (χ4n) is 0.935. The van der Waals surface area contributed by atoms with Gasteiger partial charge in [-0.1, -0.05) is 11.8 Å². The smallest absolute Gasteiger partial charge is 0.0779 e. The average molecular weight is 175 g/mol. The van der Waals surface area contributed by atoms with Gasteiger partial charge in [-0.05, 0) is 13.8 Å². The van der Waals surface area contributed by atoms with Crippen LogP contribution in [0.15, 0.2) is 10.4 Å². The maximum atomic E-state index is 2.39. The second-order valence-electron chi connectivity index (χ2n) is 2.06. The van der Waals surface area contributed by atoms with Crippen LogP contribution in [0.2, 0.25) is 0 Å². The quantitative estimate of drug-likeness (QED) is 0.649. The predicted octanol–water partition coefficient (Wildman–Crippen LogP) is 2.56. The van der Waals surface area contributed by atoms with Gasteiger partial charge in [0.1, 0.15) is 0 Å². The zero-order valence-electron chi connectivity index (χ0n) is 6.46. The van der Waals surface area contributed by atoms with E-state index in [2.05, 4.69) is 24.2 Å². The van der Waals surface area contributed by atoms with Crippen LogP contribution < -0.4 is 0 Å². The Kier molecular flexibility index (Phi) is 3.49. The molecular formula is C7H13NS2. The summed E-state index contributed by atoms with van der Waals surface area (Å²) < 4.78 is 0. The molecule has 1 rings (SSSR count). The van der Waals surface area contributed by atoms with Crippen molar-refractivity contribution in [1.82, 2.24) is 4.90 Å². The van der Waals surface area contributed by atoms with Crippen LogP contribution in [0.4, 0.5) is 0 Å². The third-order valence-corrected chi connectivity index (χ3v) is 3.76. The second kappa shape index (κ2) is 4.19. The van der Waals surface area contributed by atoms with Gasteiger partial charge in [-0.3, -0.25) is 0 Å². The lowest BCUT2D eigenvalue weighted by molar-refractivity contribution is 0.410. The first-order chi connectivity index (χ1) is 4.88. The summed E-state index contributed by atoms with van der Waals surface area (Å²) in [6.07, 6.45) is 0. The van der Waals surface area contributed by atoms with E-state index in [1.165, 1.54) is 10.1 Å². The number of rotatable bonds is 3. The SMILES string of the molecule is CCN(CC)C1=CSCS1. The first kappa shape index (κ1) is 8.34. The summed E-state index contributed by atoms with van der Waals surface area (Å²) in [6.45, 7) is 6.67. The van der Waals surface area contributed by atoms with Gasteiger partial charge < -0.3 is 4.90 Å². The molecule has 0 saturated heterocycles. The topological polar surface area (TPSA) is 3.24 Å². The monoisotopic (exact) mass is 175 g/mol. The Hall–Kier alpha value is 0.240. The van der Waals surface area contributed by atoms with Crippen LogP contribution in [0, 0.1) is 0 Å². The van der Waals surface area contributed by atoms with Crippen molar-refractivity contribution in [2.75, 3.05) is 18.2 Å². The normalized spacial score (nSPS) is 17.2. The molecule has 0 aromatic heterocycles. The van der Waals surface area contributed by atoms with Crippen LogP contribution in [0.5, 0.6) is 0 Å². The Morgan fingerprint density at radius 2 is 2.20 bits per heavy atom. The number of hydrogen-bond donors (Lipinski definition) is 0. The van der Waals surface area contributed by atoms with Crippen LogP contribution in [-0.2, 0) is 0 Å². The van der Waals surface area contributed by atoms with Crippen LogP contribution in [0.3, 0.4) is 0 Å². The van der Waals surface area contributed by atoms with Gasteiger partial charge in [0.25, 0.3) is 0 Å². The van der Waals surface area contributed by atoms with Gasteiger partial charge in [0.05, 0.1) is 5.03 Å². The molecule has 0 unspecified atom stereocenters. The molecule has 0 N–H and O–H groups in total. The molecule has 0 aliphatic carbocycles. The first-order valence-corrected chi connectivity index (χ1v) is 5.61. The van der Waals surface area contributed by atoms with E-state index in [4.69, 9.17) is 0 Å². The van der Waals surface area contributed by atoms with Gasteiger partial charge >= 0.3 is 0 Å².